The Morgan fingerprint density at radius 3 is 0.840 bits per heavy atom. The third-order valence-corrected chi connectivity index (χ3v) is 9.52. The predicted molar refractivity (Wildman–Crippen MR) is 216 cm³/mol. The minimum Gasteiger partial charge on any atom is -0.0610 e. The van der Waals surface area contributed by atoms with Gasteiger partial charge < -0.3 is 0 Å². The number of benzene rings is 11. The standard InChI is InChI=1S/C50H30/c1-3-37-19-21-41-23-27-43(45-29-25-39(5-1)47(37)49(41)45)35-15-11-33(12-16-35)31-7-9-32(10-8-31)34-13-17-36(18-14-34)44-28-24-42-22-20-38-4-2-6-40-26-30-46(44)50(42)48(38)40/h1-30H/i1D,2D,3D,4D,5D,6D,19D,20D,21D,22D,23D,24D,25D,26D,27D,28D,29D,30D. The summed E-state index contributed by atoms with van der Waals surface area (Å²) in [6, 6.07) is 14.3. The molecular formula is C50H30. The van der Waals surface area contributed by atoms with Crippen LogP contribution in [0.15, 0.2) is 182 Å². The average molecular weight is 649 g/mol. The van der Waals surface area contributed by atoms with E-state index in [4.69, 9.17) is 24.7 Å². The molecular weight excluding hydrogens is 601 g/mol. The molecule has 0 aliphatic rings. The van der Waals surface area contributed by atoms with E-state index in [9.17, 15) is 0 Å². The van der Waals surface area contributed by atoms with Gasteiger partial charge in [0.2, 0.25) is 0 Å². The van der Waals surface area contributed by atoms with E-state index in [-0.39, 0.29) is 112 Å². The van der Waals surface area contributed by atoms with Gasteiger partial charge in [0.05, 0.1) is 24.7 Å². The second-order valence-corrected chi connectivity index (χ2v) is 12.2. The van der Waals surface area contributed by atoms with Crippen molar-refractivity contribution in [3.8, 4) is 44.5 Å². The van der Waals surface area contributed by atoms with Crippen molar-refractivity contribution in [3.63, 3.8) is 0 Å². The fourth-order valence-corrected chi connectivity index (χ4v) is 7.07. The van der Waals surface area contributed by atoms with E-state index in [0.717, 1.165) is 22.3 Å². The Balaban J connectivity index is 0.977. The molecule has 0 atom stereocenters. The molecule has 0 spiro atoms. The van der Waals surface area contributed by atoms with E-state index >= 15 is 0 Å². The molecule has 0 radical (unpaired) electrons. The monoisotopic (exact) mass is 648 g/mol. The summed E-state index contributed by atoms with van der Waals surface area (Å²) < 4.78 is 159. The van der Waals surface area contributed by atoms with Crippen molar-refractivity contribution in [2.75, 3.05) is 0 Å². The average Bonchev–Trinajstić information content (AvgIpc) is 3.33. The first-order valence-electron chi connectivity index (χ1n) is 25.0. The molecule has 0 heteroatoms. The van der Waals surface area contributed by atoms with E-state index in [0.29, 0.717) is 11.1 Å². The van der Waals surface area contributed by atoms with Gasteiger partial charge in [0.15, 0.2) is 0 Å². The molecule has 0 aliphatic carbocycles. The van der Waals surface area contributed by atoms with E-state index in [1.54, 1.807) is 24.3 Å². The lowest BCUT2D eigenvalue weighted by Gasteiger charge is -2.14. The van der Waals surface area contributed by atoms with Crippen molar-refractivity contribution in [3.05, 3.63) is 182 Å². The van der Waals surface area contributed by atoms with Crippen molar-refractivity contribution in [2.45, 2.75) is 0 Å². The quantitative estimate of drug-likeness (QED) is 0.167. The molecule has 0 saturated heterocycles. The lowest BCUT2D eigenvalue weighted by atomic mass is 9.89. The second kappa shape index (κ2) is 10.5. The highest BCUT2D eigenvalue weighted by Gasteiger charge is 2.14. The van der Waals surface area contributed by atoms with Crippen LogP contribution in [0.3, 0.4) is 0 Å². The second-order valence-electron chi connectivity index (χ2n) is 12.2. The highest BCUT2D eigenvalue weighted by molar-refractivity contribution is 6.26. The van der Waals surface area contributed by atoms with Gasteiger partial charge >= 0.3 is 0 Å². The zero-order chi connectivity index (χ0) is 48.4. The number of rotatable bonds is 4. The smallest absolute Gasteiger partial charge is 0.0610 e. The molecule has 0 amide bonds. The van der Waals surface area contributed by atoms with E-state index in [2.05, 4.69) is 0 Å². The van der Waals surface area contributed by atoms with Crippen LogP contribution in [-0.4, -0.2) is 0 Å². The third-order valence-electron chi connectivity index (χ3n) is 9.52. The molecule has 11 rings (SSSR count). The maximum atomic E-state index is 9.11. The molecule has 11 aromatic carbocycles. The molecule has 0 aliphatic heterocycles. The summed E-state index contributed by atoms with van der Waals surface area (Å²) in [6.07, 6.45) is 0. The van der Waals surface area contributed by atoms with Gasteiger partial charge in [0.25, 0.3) is 0 Å². The van der Waals surface area contributed by atoms with Gasteiger partial charge in [0, 0.05) is 0 Å². The molecule has 0 fully saturated rings. The largest absolute Gasteiger partial charge is 0.0630 e. The van der Waals surface area contributed by atoms with Crippen LogP contribution in [0, 0.1) is 0 Å². The molecule has 0 heterocycles. The van der Waals surface area contributed by atoms with E-state index < -0.39 is 72.5 Å². The van der Waals surface area contributed by atoms with Crippen molar-refractivity contribution in [1.29, 1.82) is 0 Å². The molecule has 0 bridgehead atoms. The zero-order valence-corrected chi connectivity index (χ0v) is 25.9. The predicted octanol–water partition coefficient (Wildman–Crippen LogP) is 14.1. The van der Waals surface area contributed by atoms with E-state index in [1.807, 2.05) is 48.5 Å². The fraction of sp³-hybridized carbons (Fsp3) is 0. The summed E-state index contributed by atoms with van der Waals surface area (Å²) in [5.41, 5.74) is 4.45. The molecule has 0 N–H and O–H groups in total. The lowest BCUT2D eigenvalue weighted by Crippen LogP contribution is -1.88. The Labute approximate surface area is 315 Å². The van der Waals surface area contributed by atoms with Gasteiger partial charge in [0.1, 0.15) is 0 Å². The maximum Gasteiger partial charge on any atom is 0.0630 e. The molecule has 230 valence electrons. The molecule has 11 aromatic rings. The van der Waals surface area contributed by atoms with Crippen LogP contribution in [0.2, 0.25) is 0 Å². The minimum absolute atomic E-state index is 0.0856. The van der Waals surface area contributed by atoms with Crippen molar-refractivity contribution >= 4 is 64.6 Å². The number of hydrogen-bond donors (Lipinski definition) is 0. The van der Waals surface area contributed by atoms with Crippen LogP contribution in [0.1, 0.15) is 24.7 Å². The zero-order valence-electron chi connectivity index (χ0n) is 43.9. The Morgan fingerprint density at radius 2 is 0.500 bits per heavy atom. The van der Waals surface area contributed by atoms with Gasteiger partial charge in [-0.05, 0) is 109 Å². The normalized spacial score (nSPS) is 17.0. The first-order chi connectivity index (χ1) is 32.3. The molecule has 0 aromatic heterocycles. The Bertz CT molecular complexity index is 3760. The summed E-state index contributed by atoms with van der Waals surface area (Å²) in [5.74, 6) is 0. The lowest BCUT2D eigenvalue weighted by molar-refractivity contribution is 1.58. The minimum atomic E-state index is -0.529. The summed E-state index contributed by atoms with van der Waals surface area (Å²) in [6.45, 7) is 0. The summed E-state index contributed by atoms with van der Waals surface area (Å²) in [4.78, 5) is 0. The first kappa shape index (κ1) is 15.4. The molecule has 0 nitrogen and oxygen atoms in total. The van der Waals surface area contributed by atoms with E-state index in [1.165, 1.54) is 0 Å². The van der Waals surface area contributed by atoms with Gasteiger partial charge in [-0.1, -0.05) is 182 Å². The maximum absolute atomic E-state index is 9.11. The highest BCUT2D eigenvalue weighted by Crippen LogP contribution is 2.41. The summed E-state index contributed by atoms with van der Waals surface area (Å²) in [5, 5.41) is 0.0450. The highest BCUT2D eigenvalue weighted by atomic mass is 14.2. The van der Waals surface area contributed by atoms with Crippen LogP contribution in [0.5, 0.6) is 0 Å². The van der Waals surface area contributed by atoms with Gasteiger partial charge in [-0.15, -0.1) is 0 Å². The van der Waals surface area contributed by atoms with Gasteiger partial charge in [-0.3, -0.25) is 0 Å². The van der Waals surface area contributed by atoms with Crippen LogP contribution in [-0.2, 0) is 0 Å². The summed E-state index contributed by atoms with van der Waals surface area (Å²) >= 11 is 0. The van der Waals surface area contributed by atoms with Crippen LogP contribution < -0.4 is 0 Å². The SMILES string of the molecule is [2H]c1c([2H])c2c([2H])c([2H])c3c([2H])c([2H])c(-c4ccc(-c5ccc(-c6ccc(-c7c([2H])c([2H])c8c([2H])c([2H])c9c([2H])c([2H])c([2H])c%10c([2H])c([2H])c7c8c9%10)cc6)cc5)cc4)c4c([2H])c([2H])c(c1[2H])c2c34. The Hall–Kier alpha value is -6.50. The fourth-order valence-electron chi connectivity index (χ4n) is 7.07. The van der Waals surface area contributed by atoms with Crippen LogP contribution in [0.25, 0.3) is 109 Å². The van der Waals surface area contributed by atoms with Crippen LogP contribution in [0.4, 0.5) is 0 Å². The third kappa shape index (κ3) is 4.06. The number of hydrogen-bond acceptors (Lipinski definition) is 0. The van der Waals surface area contributed by atoms with Crippen LogP contribution >= 0.6 is 0 Å². The molecule has 0 unspecified atom stereocenters. The first-order valence-corrected chi connectivity index (χ1v) is 16.0. The topological polar surface area (TPSA) is 0 Å². The van der Waals surface area contributed by atoms with Gasteiger partial charge in [-0.2, -0.15) is 0 Å². The summed E-state index contributed by atoms with van der Waals surface area (Å²) in [7, 11) is 0. The van der Waals surface area contributed by atoms with Crippen molar-refractivity contribution in [1.82, 2.24) is 0 Å². The molecule has 50 heavy (non-hydrogen) atoms. The van der Waals surface area contributed by atoms with Crippen molar-refractivity contribution < 1.29 is 24.7 Å². The van der Waals surface area contributed by atoms with Crippen molar-refractivity contribution in [2.24, 2.45) is 0 Å². The Morgan fingerprint density at radius 1 is 0.240 bits per heavy atom. The Kier molecular flexibility index (Phi) is 3.23. The molecule has 0 saturated carbocycles. The van der Waals surface area contributed by atoms with Gasteiger partial charge in [-0.25, -0.2) is 0 Å².